The normalized spacial score (nSPS) is 18.9. The Hall–Kier alpha value is -0.940. The molecule has 0 atom stereocenters. The lowest BCUT2D eigenvalue weighted by Crippen LogP contribution is -2.34. The summed E-state index contributed by atoms with van der Waals surface area (Å²) in [6.45, 7) is 4.76. The van der Waals surface area contributed by atoms with E-state index in [4.69, 9.17) is 15.0 Å². The van der Waals surface area contributed by atoms with E-state index in [1.807, 2.05) is 0 Å². The van der Waals surface area contributed by atoms with Crippen LogP contribution in [0.1, 0.15) is 64.1 Å². The van der Waals surface area contributed by atoms with Gasteiger partial charge in [-0.3, -0.25) is 0 Å². The summed E-state index contributed by atoms with van der Waals surface area (Å²) in [7, 11) is 1.73. The van der Waals surface area contributed by atoms with Gasteiger partial charge in [0.05, 0.1) is 5.41 Å². The highest BCUT2D eigenvalue weighted by Gasteiger charge is 2.42. The van der Waals surface area contributed by atoms with E-state index in [0.29, 0.717) is 18.3 Å². The second-order valence-corrected chi connectivity index (χ2v) is 5.52. The first-order valence-electron chi connectivity index (χ1n) is 7.26. The smallest absolute Gasteiger partial charge is 0.234 e. The fraction of sp³-hybridized carbons (Fsp3) is 0.857. The van der Waals surface area contributed by atoms with Crippen molar-refractivity contribution in [1.29, 1.82) is 0 Å². The number of nitrogens with two attached hydrogens (primary N) is 1. The highest BCUT2D eigenvalue weighted by molar-refractivity contribution is 5.10. The zero-order valence-electron chi connectivity index (χ0n) is 12.2. The molecule has 5 nitrogen and oxygen atoms in total. The summed E-state index contributed by atoms with van der Waals surface area (Å²) in [5.74, 6) is 1.36. The number of rotatable bonds is 6. The summed E-state index contributed by atoms with van der Waals surface area (Å²) in [4.78, 5) is 4.64. The molecule has 0 bridgehead atoms. The molecule has 0 spiro atoms. The van der Waals surface area contributed by atoms with Gasteiger partial charge >= 0.3 is 0 Å². The van der Waals surface area contributed by atoms with E-state index in [9.17, 15) is 0 Å². The fourth-order valence-electron chi connectivity index (χ4n) is 3.02. The minimum absolute atomic E-state index is 0.196. The monoisotopic (exact) mass is 267 g/mol. The Kier molecular flexibility index (Phi) is 4.26. The van der Waals surface area contributed by atoms with Crippen molar-refractivity contribution in [2.24, 2.45) is 5.73 Å². The van der Waals surface area contributed by atoms with E-state index in [1.54, 1.807) is 7.11 Å². The summed E-state index contributed by atoms with van der Waals surface area (Å²) in [5, 5.41) is 4.18. The van der Waals surface area contributed by atoms with Crippen molar-refractivity contribution in [2.45, 2.75) is 63.4 Å². The molecule has 1 aliphatic rings. The van der Waals surface area contributed by atoms with Crippen LogP contribution in [0.3, 0.4) is 0 Å². The highest BCUT2D eigenvalue weighted by atomic mass is 16.5. The van der Waals surface area contributed by atoms with Crippen LogP contribution in [0, 0.1) is 0 Å². The maximum absolute atomic E-state index is 5.93. The van der Waals surface area contributed by atoms with E-state index >= 15 is 0 Å². The average Bonchev–Trinajstić information content (AvgIpc) is 3.11. The number of hydrogen-bond acceptors (Lipinski definition) is 5. The predicted octanol–water partition coefficient (Wildman–Crippen LogP) is 2.50. The Bertz CT molecular complexity index is 375. The van der Waals surface area contributed by atoms with E-state index in [-0.39, 0.29) is 11.0 Å². The molecule has 0 saturated heterocycles. The lowest BCUT2D eigenvalue weighted by molar-refractivity contribution is -0.0178. The van der Waals surface area contributed by atoms with Gasteiger partial charge in [-0.05, 0) is 38.5 Å². The van der Waals surface area contributed by atoms with Crippen molar-refractivity contribution in [3.8, 4) is 0 Å². The molecule has 19 heavy (non-hydrogen) atoms. The zero-order chi connectivity index (χ0) is 13.9. The van der Waals surface area contributed by atoms with Crippen LogP contribution in [0.25, 0.3) is 0 Å². The molecule has 0 aromatic carbocycles. The quantitative estimate of drug-likeness (QED) is 0.857. The van der Waals surface area contributed by atoms with E-state index in [2.05, 4.69) is 24.0 Å². The maximum atomic E-state index is 5.93. The van der Waals surface area contributed by atoms with Crippen molar-refractivity contribution in [3.63, 3.8) is 0 Å². The zero-order valence-corrected chi connectivity index (χ0v) is 12.2. The van der Waals surface area contributed by atoms with Gasteiger partial charge in [-0.25, -0.2) is 0 Å². The Balaban J connectivity index is 2.32. The maximum Gasteiger partial charge on any atom is 0.234 e. The SMILES string of the molecule is CCC(CC)(CN)c1nc(C2(OC)CCCC2)no1. The lowest BCUT2D eigenvalue weighted by atomic mass is 9.82. The summed E-state index contributed by atoms with van der Waals surface area (Å²) in [6.07, 6.45) is 6.05. The first kappa shape index (κ1) is 14.5. The van der Waals surface area contributed by atoms with Crippen molar-refractivity contribution in [3.05, 3.63) is 11.7 Å². The van der Waals surface area contributed by atoms with Gasteiger partial charge in [0, 0.05) is 13.7 Å². The molecular formula is C14H25N3O2. The van der Waals surface area contributed by atoms with Gasteiger partial charge in [0.25, 0.3) is 0 Å². The Morgan fingerprint density at radius 2 is 1.95 bits per heavy atom. The van der Waals surface area contributed by atoms with Gasteiger partial charge in [-0.2, -0.15) is 4.98 Å². The minimum atomic E-state index is -0.344. The number of aromatic nitrogens is 2. The van der Waals surface area contributed by atoms with Crippen molar-refractivity contribution in [2.75, 3.05) is 13.7 Å². The van der Waals surface area contributed by atoms with Crippen LogP contribution in [0.15, 0.2) is 4.52 Å². The fourth-order valence-corrected chi connectivity index (χ4v) is 3.02. The molecule has 1 saturated carbocycles. The van der Waals surface area contributed by atoms with Crippen molar-refractivity contribution >= 4 is 0 Å². The van der Waals surface area contributed by atoms with Gasteiger partial charge in [0.15, 0.2) is 0 Å². The molecule has 1 fully saturated rings. The largest absolute Gasteiger partial charge is 0.370 e. The van der Waals surface area contributed by atoms with Crippen LogP contribution in [-0.4, -0.2) is 23.8 Å². The predicted molar refractivity (Wildman–Crippen MR) is 72.8 cm³/mol. The summed E-state index contributed by atoms with van der Waals surface area (Å²) in [6, 6.07) is 0. The molecular weight excluding hydrogens is 242 g/mol. The molecule has 1 aliphatic carbocycles. The molecule has 108 valence electrons. The number of hydrogen-bond donors (Lipinski definition) is 1. The lowest BCUT2D eigenvalue weighted by Gasteiger charge is -2.26. The third-order valence-corrected chi connectivity index (χ3v) is 4.83. The summed E-state index contributed by atoms with van der Waals surface area (Å²) >= 11 is 0. The molecule has 0 amide bonds. The van der Waals surface area contributed by atoms with Gasteiger partial charge in [-0.1, -0.05) is 19.0 Å². The number of methoxy groups -OCH3 is 1. The Morgan fingerprint density at radius 3 is 2.42 bits per heavy atom. The number of ether oxygens (including phenoxy) is 1. The summed E-state index contributed by atoms with van der Waals surface area (Å²) < 4.78 is 11.2. The molecule has 0 radical (unpaired) electrons. The molecule has 1 heterocycles. The standard InChI is InChI=1S/C14H25N3O2/c1-4-13(5-2,10-15)12-16-11(17-19-12)14(18-3)8-6-7-9-14/h4-10,15H2,1-3H3. The molecule has 0 aliphatic heterocycles. The third kappa shape index (κ3) is 2.30. The van der Waals surface area contributed by atoms with E-state index in [0.717, 1.165) is 38.5 Å². The van der Waals surface area contributed by atoms with Crippen LogP contribution in [0.2, 0.25) is 0 Å². The minimum Gasteiger partial charge on any atom is -0.370 e. The van der Waals surface area contributed by atoms with Gasteiger partial charge in [0.1, 0.15) is 5.60 Å². The molecule has 2 rings (SSSR count). The second-order valence-electron chi connectivity index (χ2n) is 5.52. The van der Waals surface area contributed by atoms with Crippen LogP contribution < -0.4 is 5.73 Å². The molecule has 1 aromatic rings. The van der Waals surface area contributed by atoms with Gasteiger partial charge < -0.3 is 15.0 Å². The molecule has 2 N–H and O–H groups in total. The highest BCUT2D eigenvalue weighted by Crippen LogP contribution is 2.41. The summed E-state index contributed by atoms with van der Waals surface area (Å²) in [5.41, 5.74) is 5.39. The number of nitrogens with zero attached hydrogens (tertiary/aromatic N) is 2. The van der Waals surface area contributed by atoms with Crippen LogP contribution in [0.4, 0.5) is 0 Å². The van der Waals surface area contributed by atoms with Crippen molar-refractivity contribution < 1.29 is 9.26 Å². The van der Waals surface area contributed by atoms with Crippen LogP contribution >= 0.6 is 0 Å². The third-order valence-electron chi connectivity index (χ3n) is 4.83. The van der Waals surface area contributed by atoms with E-state index < -0.39 is 0 Å². The Labute approximate surface area is 114 Å². The Morgan fingerprint density at radius 1 is 1.32 bits per heavy atom. The second kappa shape index (κ2) is 5.59. The average molecular weight is 267 g/mol. The van der Waals surface area contributed by atoms with Gasteiger partial charge in [-0.15, -0.1) is 0 Å². The van der Waals surface area contributed by atoms with Crippen LogP contribution in [-0.2, 0) is 15.8 Å². The topological polar surface area (TPSA) is 74.2 Å². The van der Waals surface area contributed by atoms with Crippen LogP contribution in [0.5, 0.6) is 0 Å². The first-order chi connectivity index (χ1) is 9.16. The van der Waals surface area contributed by atoms with E-state index in [1.165, 1.54) is 0 Å². The molecule has 0 unspecified atom stereocenters. The molecule has 1 aromatic heterocycles. The molecule has 5 heteroatoms. The van der Waals surface area contributed by atoms with Gasteiger partial charge in [0.2, 0.25) is 11.7 Å². The first-order valence-corrected chi connectivity index (χ1v) is 7.26. The van der Waals surface area contributed by atoms with Crippen molar-refractivity contribution in [1.82, 2.24) is 10.1 Å².